The van der Waals surface area contributed by atoms with E-state index in [0.717, 1.165) is 12.1 Å². The molecular formula is C26H24F3LiN4O4. The summed E-state index contributed by atoms with van der Waals surface area (Å²) in [5.41, 5.74) is -0.0233. The Morgan fingerprint density at radius 2 is 1.89 bits per heavy atom. The molecular weight excluding hydrogens is 496 g/mol. The third kappa shape index (κ3) is 5.94. The van der Waals surface area contributed by atoms with Gasteiger partial charge in [-0.15, -0.1) is 0 Å². The molecule has 12 heteroatoms. The summed E-state index contributed by atoms with van der Waals surface area (Å²) in [7, 11) is 0. The van der Waals surface area contributed by atoms with Crippen LogP contribution < -0.4 is 28.5 Å². The van der Waals surface area contributed by atoms with Crippen LogP contribution in [-0.4, -0.2) is 46.2 Å². The Morgan fingerprint density at radius 3 is 2.45 bits per heavy atom. The van der Waals surface area contributed by atoms with Gasteiger partial charge in [0, 0.05) is 25.5 Å². The molecule has 1 saturated heterocycles. The third-order valence-electron chi connectivity index (χ3n) is 6.46. The Labute approximate surface area is 229 Å². The van der Waals surface area contributed by atoms with Crippen LogP contribution in [0.5, 0.6) is 5.88 Å². The number of anilines is 1. The molecule has 0 unspecified atom stereocenters. The molecule has 38 heavy (non-hydrogen) atoms. The zero-order valence-electron chi connectivity index (χ0n) is 20.9. The van der Waals surface area contributed by atoms with Gasteiger partial charge in [0.05, 0.1) is 40.1 Å². The summed E-state index contributed by atoms with van der Waals surface area (Å²) in [6.07, 6.45) is -0.993. The number of hydrogen-bond acceptors (Lipinski definition) is 7. The number of pyridine rings is 2. The summed E-state index contributed by atoms with van der Waals surface area (Å²) in [6, 6.07) is 11.9. The van der Waals surface area contributed by atoms with Crippen molar-refractivity contribution < 1.29 is 52.1 Å². The molecule has 194 valence electrons. The van der Waals surface area contributed by atoms with Crippen LogP contribution in [0.15, 0.2) is 54.9 Å². The summed E-state index contributed by atoms with van der Waals surface area (Å²) in [4.78, 5) is 22.9. The first-order chi connectivity index (χ1) is 17.2. The number of carbonyl (C=O) groups is 1. The van der Waals surface area contributed by atoms with Crippen LogP contribution in [0.2, 0.25) is 0 Å². The zero-order valence-corrected chi connectivity index (χ0v) is 20.9. The van der Waals surface area contributed by atoms with E-state index in [1.165, 1.54) is 6.07 Å². The van der Waals surface area contributed by atoms with Crippen molar-refractivity contribution in [1.82, 2.24) is 9.97 Å². The normalized spacial score (nSPS) is 14.4. The van der Waals surface area contributed by atoms with E-state index in [0.29, 0.717) is 35.0 Å². The number of carboxylic acid groups (broad SMARTS) is 1. The van der Waals surface area contributed by atoms with Crippen LogP contribution >= 0.6 is 0 Å². The van der Waals surface area contributed by atoms with Crippen LogP contribution in [0.4, 0.5) is 18.9 Å². The van der Waals surface area contributed by atoms with Crippen molar-refractivity contribution in [2.75, 3.05) is 24.6 Å². The first kappa shape index (κ1) is 30.7. The van der Waals surface area contributed by atoms with Crippen LogP contribution in [-0.2, 0) is 16.4 Å². The van der Waals surface area contributed by atoms with Crippen LogP contribution in [0.1, 0.15) is 36.5 Å². The number of aliphatic carboxylic acids is 1. The number of nitrogens with zero attached hydrogens (tertiary/aromatic N) is 4. The fourth-order valence-electron chi connectivity index (χ4n) is 4.51. The van der Waals surface area contributed by atoms with Gasteiger partial charge in [0.2, 0.25) is 5.88 Å². The van der Waals surface area contributed by atoms with E-state index in [9.17, 15) is 28.3 Å². The molecule has 1 aliphatic rings. The molecule has 0 bridgehead atoms. The summed E-state index contributed by atoms with van der Waals surface area (Å²) >= 11 is 0. The molecule has 1 aromatic carbocycles. The Balaban J connectivity index is 0.00000253. The fraction of sp³-hybridized carbons (Fsp3) is 0.308. The van der Waals surface area contributed by atoms with Crippen molar-refractivity contribution >= 4 is 11.7 Å². The van der Waals surface area contributed by atoms with Gasteiger partial charge in [-0.25, -0.2) is 4.98 Å². The molecule has 2 N–H and O–H groups in total. The minimum absolute atomic E-state index is 0. The topological polar surface area (TPSA) is 129 Å². The summed E-state index contributed by atoms with van der Waals surface area (Å²) in [5, 5.41) is 19.6. The van der Waals surface area contributed by atoms with E-state index in [2.05, 4.69) is 9.97 Å². The molecule has 0 aliphatic carbocycles. The molecule has 0 saturated carbocycles. The number of carboxylic acids is 1. The second-order valence-corrected chi connectivity index (χ2v) is 8.44. The molecule has 4 rings (SSSR count). The maximum Gasteiger partial charge on any atom is 1.00 e. The van der Waals surface area contributed by atoms with Gasteiger partial charge in [-0.3, -0.25) is 9.78 Å². The van der Waals surface area contributed by atoms with E-state index in [-0.39, 0.29) is 55.8 Å². The molecule has 0 radical (unpaired) electrons. The zero-order chi connectivity index (χ0) is 25.9. The number of aromatic nitrogens is 2. The number of piperidine rings is 1. The Bertz CT molecular complexity index is 1310. The third-order valence-corrected chi connectivity index (χ3v) is 6.46. The Morgan fingerprint density at radius 1 is 1.18 bits per heavy atom. The first-order valence-electron chi connectivity index (χ1n) is 11.3. The summed E-state index contributed by atoms with van der Waals surface area (Å²) < 4.78 is 44.7. The first-order valence-corrected chi connectivity index (χ1v) is 11.3. The van der Waals surface area contributed by atoms with E-state index < -0.39 is 23.1 Å². The van der Waals surface area contributed by atoms with Gasteiger partial charge in [0.1, 0.15) is 6.07 Å². The molecule has 1 aliphatic heterocycles. The molecule has 0 atom stereocenters. The number of hydrogen-bond donors (Lipinski definition) is 1. The fourth-order valence-corrected chi connectivity index (χ4v) is 4.51. The van der Waals surface area contributed by atoms with E-state index in [1.807, 2.05) is 19.1 Å². The number of halogens is 3. The number of rotatable bonds is 6. The van der Waals surface area contributed by atoms with Gasteiger partial charge in [-0.1, -0.05) is 6.07 Å². The molecule has 3 heterocycles. The average Bonchev–Trinajstić information content (AvgIpc) is 2.88. The molecule has 0 spiro atoms. The smallest absolute Gasteiger partial charge is 0.870 e. The van der Waals surface area contributed by atoms with Crippen LogP contribution in [0, 0.1) is 11.3 Å². The van der Waals surface area contributed by atoms with E-state index in [1.54, 1.807) is 35.5 Å². The SMILES string of the molecule is CCOc1ncccc1-c1ccc(C2(C(=O)O)CCN(c3ccc(C(F)(F)F)cc3C#N)CC2)cn1.[Li+].[OH-]. The van der Waals surface area contributed by atoms with Gasteiger partial charge in [-0.05, 0) is 61.7 Å². The molecule has 1 fully saturated rings. The van der Waals surface area contributed by atoms with E-state index in [4.69, 9.17) is 4.74 Å². The predicted molar refractivity (Wildman–Crippen MR) is 127 cm³/mol. The van der Waals surface area contributed by atoms with Gasteiger partial charge < -0.3 is 20.2 Å². The van der Waals surface area contributed by atoms with Gasteiger partial charge in [-0.2, -0.15) is 18.4 Å². The van der Waals surface area contributed by atoms with E-state index >= 15 is 0 Å². The van der Waals surface area contributed by atoms with Gasteiger partial charge in [0.15, 0.2) is 0 Å². The standard InChI is InChI=1S/C26H23F3N4O3.Li.H2O/c1-2-36-23-20(4-3-11-31-23)21-7-5-19(16-32-21)25(24(34)35)9-12-33(13-10-25)22-8-6-18(26(27,28)29)14-17(22)15-30;;/h3-8,11,14,16H,2,9-10,12-13H2,1H3,(H,34,35);;1H2/q;+1;/p-1. The number of alkyl halides is 3. The molecule has 0 amide bonds. The maximum atomic E-state index is 13.0. The summed E-state index contributed by atoms with van der Waals surface area (Å²) in [6.45, 7) is 2.80. The second-order valence-electron chi connectivity index (χ2n) is 8.44. The van der Waals surface area contributed by atoms with Crippen molar-refractivity contribution in [3.63, 3.8) is 0 Å². The largest absolute Gasteiger partial charge is 1.00 e. The predicted octanol–water partition coefficient (Wildman–Crippen LogP) is 1.88. The molecule has 3 aromatic rings. The van der Waals surface area contributed by atoms with Crippen LogP contribution in [0.25, 0.3) is 11.3 Å². The molecule has 8 nitrogen and oxygen atoms in total. The van der Waals surface area contributed by atoms with Crippen molar-refractivity contribution in [3.8, 4) is 23.2 Å². The van der Waals surface area contributed by atoms with Crippen molar-refractivity contribution in [3.05, 3.63) is 71.5 Å². The van der Waals surface area contributed by atoms with Crippen LogP contribution in [0.3, 0.4) is 0 Å². The number of ether oxygens (including phenoxy) is 1. The number of nitriles is 1. The monoisotopic (exact) mass is 520 g/mol. The van der Waals surface area contributed by atoms with Crippen molar-refractivity contribution in [1.29, 1.82) is 5.26 Å². The van der Waals surface area contributed by atoms with Crippen molar-refractivity contribution in [2.45, 2.75) is 31.4 Å². The minimum Gasteiger partial charge on any atom is -0.870 e. The quantitative estimate of drug-likeness (QED) is 0.488. The van der Waals surface area contributed by atoms with Crippen molar-refractivity contribution in [2.24, 2.45) is 0 Å². The second kappa shape index (κ2) is 12.3. The molecule has 2 aromatic heterocycles. The Kier molecular flexibility index (Phi) is 9.93. The van der Waals surface area contributed by atoms with Gasteiger partial charge >= 0.3 is 31.0 Å². The summed E-state index contributed by atoms with van der Waals surface area (Å²) in [5.74, 6) is -0.563. The minimum atomic E-state index is -4.55. The maximum absolute atomic E-state index is 13.0. The Hall–Kier alpha value is -3.57. The number of benzene rings is 1. The van der Waals surface area contributed by atoms with Gasteiger partial charge in [0.25, 0.3) is 0 Å². The average molecular weight is 520 g/mol.